The summed E-state index contributed by atoms with van der Waals surface area (Å²) in [5, 5.41) is 3.27. The third kappa shape index (κ3) is 4.67. The van der Waals surface area contributed by atoms with Gasteiger partial charge in [-0.25, -0.2) is 9.37 Å². The van der Waals surface area contributed by atoms with Crippen LogP contribution >= 0.6 is 0 Å². The van der Waals surface area contributed by atoms with Crippen LogP contribution in [-0.2, 0) is 0 Å². The van der Waals surface area contributed by atoms with Crippen molar-refractivity contribution in [2.75, 3.05) is 5.32 Å². The van der Waals surface area contributed by atoms with Gasteiger partial charge in [-0.2, -0.15) is 0 Å². The second-order valence-corrected chi connectivity index (χ2v) is 7.57. The average molecular weight is 425 g/mol. The molecule has 0 amide bonds. The molecule has 32 heavy (non-hydrogen) atoms. The number of pyridine rings is 1. The van der Waals surface area contributed by atoms with Crippen molar-refractivity contribution in [3.05, 3.63) is 109 Å². The number of hydrogen-bond acceptors (Lipinski definition) is 3. The van der Waals surface area contributed by atoms with E-state index >= 15 is 0 Å². The number of imidazole rings is 1. The Morgan fingerprint density at radius 1 is 1.09 bits per heavy atom. The maximum Gasteiger partial charge on any atom is 0.123 e. The number of halogens is 1. The zero-order chi connectivity index (χ0) is 22.5. The molecule has 4 nitrogen and oxygen atoms in total. The molecule has 5 heteroatoms. The lowest BCUT2D eigenvalue weighted by molar-refractivity contribution is 0.628. The summed E-state index contributed by atoms with van der Waals surface area (Å²) in [5.74, 6) is 0.704. The van der Waals surface area contributed by atoms with Crippen LogP contribution in [-0.4, -0.2) is 15.6 Å². The standard InChI is InChI=1S/C23H20FN3.C4H5N/c1-15-6-7-18(21-5-4-12-27-17(3)25-14-23(21)27)13-22(15)16(2)26-20-10-8-19(24)9-11-20;1-2-4-5-3-1/h4-14,26H,2H2,1,3H3;1,3-4H,2H2. The van der Waals surface area contributed by atoms with Gasteiger partial charge in [-0.15, -0.1) is 0 Å². The van der Waals surface area contributed by atoms with Crippen molar-refractivity contribution in [3.63, 3.8) is 0 Å². The van der Waals surface area contributed by atoms with Gasteiger partial charge >= 0.3 is 0 Å². The fourth-order valence-electron chi connectivity index (χ4n) is 3.59. The van der Waals surface area contributed by atoms with E-state index in [1.165, 1.54) is 12.1 Å². The number of allylic oxidation sites excluding steroid dienone is 1. The molecule has 0 unspecified atom stereocenters. The lowest BCUT2D eigenvalue weighted by Gasteiger charge is -2.14. The minimum atomic E-state index is -0.256. The molecule has 5 rings (SSSR count). The van der Waals surface area contributed by atoms with E-state index in [0.717, 1.165) is 51.4 Å². The van der Waals surface area contributed by atoms with E-state index in [0.29, 0.717) is 0 Å². The summed E-state index contributed by atoms with van der Waals surface area (Å²) >= 11 is 0. The number of nitrogens with one attached hydrogen (secondary N) is 1. The Morgan fingerprint density at radius 3 is 2.59 bits per heavy atom. The predicted molar refractivity (Wildman–Crippen MR) is 131 cm³/mol. The quantitative estimate of drug-likeness (QED) is 0.391. The highest BCUT2D eigenvalue weighted by molar-refractivity contribution is 5.84. The Kier molecular flexibility index (Phi) is 6.26. The van der Waals surface area contributed by atoms with Crippen LogP contribution in [0.4, 0.5) is 10.1 Å². The number of aliphatic imine (C=N–C) groups is 1. The van der Waals surface area contributed by atoms with Crippen molar-refractivity contribution in [3.8, 4) is 11.1 Å². The average Bonchev–Trinajstić information content (AvgIpc) is 3.50. The number of anilines is 1. The number of rotatable bonds is 4. The summed E-state index contributed by atoms with van der Waals surface area (Å²) < 4.78 is 15.2. The van der Waals surface area contributed by atoms with Gasteiger partial charge in [-0.1, -0.05) is 30.9 Å². The molecule has 1 aliphatic rings. The first-order valence-corrected chi connectivity index (χ1v) is 10.4. The van der Waals surface area contributed by atoms with E-state index < -0.39 is 0 Å². The summed E-state index contributed by atoms with van der Waals surface area (Å²) in [6.07, 6.45) is 10.6. The number of hydrogen-bond donors (Lipinski definition) is 1. The molecule has 0 radical (unpaired) electrons. The van der Waals surface area contributed by atoms with Crippen LogP contribution in [0.15, 0.2) is 90.8 Å². The van der Waals surface area contributed by atoms with E-state index in [1.54, 1.807) is 18.3 Å². The first-order chi connectivity index (χ1) is 15.5. The van der Waals surface area contributed by atoms with Gasteiger partial charge in [0.05, 0.1) is 11.7 Å². The topological polar surface area (TPSA) is 41.7 Å². The van der Waals surface area contributed by atoms with Crippen molar-refractivity contribution in [1.29, 1.82) is 0 Å². The van der Waals surface area contributed by atoms with Crippen molar-refractivity contribution in [1.82, 2.24) is 9.38 Å². The van der Waals surface area contributed by atoms with Gasteiger partial charge in [-0.3, -0.25) is 4.99 Å². The van der Waals surface area contributed by atoms with Crippen LogP contribution < -0.4 is 5.32 Å². The van der Waals surface area contributed by atoms with Crippen LogP contribution in [0, 0.1) is 19.7 Å². The Bertz CT molecular complexity index is 1300. The zero-order valence-electron chi connectivity index (χ0n) is 18.2. The van der Waals surface area contributed by atoms with Gasteiger partial charge in [0.2, 0.25) is 0 Å². The Morgan fingerprint density at radius 2 is 1.91 bits per heavy atom. The summed E-state index contributed by atoms with van der Waals surface area (Å²) in [4.78, 5) is 8.20. The fourth-order valence-corrected chi connectivity index (χ4v) is 3.59. The zero-order valence-corrected chi connectivity index (χ0v) is 18.2. The smallest absolute Gasteiger partial charge is 0.123 e. The SMILES string of the molecule is C1=CN=CC1.C=C(Nc1ccc(F)cc1)c1cc(-c2cccn3c(C)ncc23)ccc1C. The summed E-state index contributed by atoms with van der Waals surface area (Å²) in [6.45, 7) is 8.23. The molecular weight excluding hydrogens is 399 g/mol. The Labute approximate surface area is 187 Å². The predicted octanol–water partition coefficient (Wildman–Crippen LogP) is 6.81. The summed E-state index contributed by atoms with van der Waals surface area (Å²) in [5.41, 5.74) is 7.02. The van der Waals surface area contributed by atoms with E-state index in [1.807, 2.05) is 37.7 Å². The van der Waals surface area contributed by atoms with Gasteiger partial charge < -0.3 is 9.72 Å². The van der Waals surface area contributed by atoms with Gasteiger partial charge in [0, 0.05) is 47.5 Å². The Hall–Kier alpha value is -3.99. The molecule has 3 heterocycles. The number of aromatic nitrogens is 2. The third-order valence-electron chi connectivity index (χ3n) is 5.31. The first kappa shape index (κ1) is 21.2. The lowest BCUT2D eigenvalue weighted by atomic mass is 9.98. The normalized spacial score (nSPS) is 12.0. The van der Waals surface area contributed by atoms with E-state index in [-0.39, 0.29) is 5.82 Å². The second-order valence-electron chi connectivity index (χ2n) is 7.57. The van der Waals surface area contributed by atoms with Gasteiger partial charge in [-0.05, 0) is 61.4 Å². The van der Waals surface area contributed by atoms with E-state index in [9.17, 15) is 4.39 Å². The molecule has 0 fully saturated rings. The van der Waals surface area contributed by atoms with Crippen molar-refractivity contribution < 1.29 is 4.39 Å². The Balaban J connectivity index is 0.000000433. The molecule has 2 aromatic carbocycles. The van der Waals surface area contributed by atoms with Crippen molar-refractivity contribution >= 4 is 23.1 Å². The van der Waals surface area contributed by atoms with Gasteiger partial charge in [0.25, 0.3) is 0 Å². The second kappa shape index (κ2) is 9.43. The molecule has 0 bridgehead atoms. The molecule has 0 saturated carbocycles. The summed E-state index contributed by atoms with van der Waals surface area (Å²) in [7, 11) is 0. The minimum absolute atomic E-state index is 0.256. The molecule has 1 N–H and O–H groups in total. The van der Waals surface area contributed by atoms with E-state index in [4.69, 9.17) is 0 Å². The van der Waals surface area contributed by atoms with Gasteiger partial charge in [0.15, 0.2) is 0 Å². The van der Waals surface area contributed by atoms with E-state index in [2.05, 4.69) is 57.5 Å². The van der Waals surface area contributed by atoms with Gasteiger partial charge in [0.1, 0.15) is 11.6 Å². The van der Waals surface area contributed by atoms with Crippen LogP contribution in [0.2, 0.25) is 0 Å². The first-order valence-electron chi connectivity index (χ1n) is 10.4. The highest BCUT2D eigenvalue weighted by atomic mass is 19.1. The molecule has 1 aliphatic heterocycles. The number of benzene rings is 2. The fraction of sp³-hybridized carbons (Fsp3) is 0.111. The third-order valence-corrected chi connectivity index (χ3v) is 5.31. The molecule has 160 valence electrons. The maximum atomic E-state index is 13.1. The lowest BCUT2D eigenvalue weighted by Crippen LogP contribution is -2.00. The molecule has 0 spiro atoms. The highest BCUT2D eigenvalue weighted by Gasteiger charge is 2.10. The highest BCUT2D eigenvalue weighted by Crippen LogP contribution is 2.30. The van der Waals surface area contributed by atoms with Crippen LogP contribution in [0.3, 0.4) is 0 Å². The number of nitrogens with zero attached hydrogens (tertiary/aromatic N) is 3. The molecular formula is C27H25FN4. The number of fused-ring (bicyclic) bond motifs is 1. The van der Waals surface area contributed by atoms with Crippen LogP contribution in [0.5, 0.6) is 0 Å². The number of aryl methyl sites for hydroxylation is 2. The largest absolute Gasteiger partial charge is 0.356 e. The van der Waals surface area contributed by atoms with Crippen molar-refractivity contribution in [2.24, 2.45) is 4.99 Å². The molecule has 2 aromatic heterocycles. The van der Waals surface area contributed by atoms with Crippen LogP contribution in [0.25, 0.3) is 22.3 Å². The maximum absolute atomic E-state index is 13.1. The van der Waals surface area contributed by atoms with Crippen LogP contribution in [0.1, 0.15) is 23.4 Å². The molecule has 0 atom stereocenters. The monoisotopic (exact) mass is 424 g/mol. The molecule has 4 aromatic rings. The minimum Gasteiger partial charge on any atom is -0.356 e. The van der Waals surface area contributed by atoms with Crippen molar-refractivity contribution in [2.45, 2.75) is 20.3 Å². The molecule has 0 saturated heterocycles. The summed E-state index contributed by atoms with van der Waals surface area (Å²) in [6, 6.07) is 16.7. The molecule has 0 aliphatic carbocycles.